The Hall–Kier alpha value is -2.17. The fraction of sp³-hybridized carbons (Fsp3) is 0.100. The molecular formula is C10H9N3O2. The molecule has 0 aromatic carbocycles. The summed E-state index contributed by atoms with van der Waals surface area (Å²) < 4.78 is 4.98. The maximum Gasteiger partial charge on any atom is 0.229 e. The fourth-order valence-corrected chi connectivity index (χ4v) is 1.18. The third-order valence-corrected chi connectivity index (χ3v) is 1.92. The second-order valence-corrected chi connectivity index (χ2v) is 2.88. The monoisotopic (exact) mass is 203 g/mol. The second-order valence-electron chi connectivity index (χ2n) is 2.88. The van der Waals surface area contributed by atoms with Gasteiger partial charge in [0.1, 0.15) is 5.75 Å². The van der Waals surface area contributed by atoms with Gasteiger partial charge in [-0.15, -0.1) is 0 Å². The number of hydrogen-bond donors (Lipinski definition) is 1. The highest BCUT2D eigenvalue weighted by molar-refractivity contribution is 6.06. The van der Waals surface area contributed by atoms with Gasteiger partial charge in [0.05, 0.1) is 13.3 Å². The molecule has 0 radical (unpaired) electrons. The average Bonchev–Trinajstić information content (AvgIpc) is 2.81. The number of nitrogens with zero attached hydrogens (tertiary/aromatic N) is 2. The Balaban J connectivity index is 2.34. The van der Waals surface area contributed by atoms with Gasteiger partial charge in [0.15, 0.2) is 5.82 Å². The summed E-state index contributed by atoms with van der Waals surface area (Å²) in [4.78, 5) is 22.3. The molecule has 2 aromatic heterocycles. The van der Waals surface area contributed by atoms with E-state index >= 15 is 0 Å². The van der Waals surface area contributed by atoms with E-state index in [9.17, 15) is 4.79 Å². The van der Waals surface area contributed by atoms with Gasteiger partial charge in [-0.25, -0.2) is 4.98 Å². The van der Waals surface area contributed by atoms with E-state index in [0.717, 1.165) is 0 Å². The Morgan fingerprint density at radius 2 is 2.33 bits per heavy atom. The van der Waals surface area contributed by atoms with Crippen LogP contribution >= 0.6 is 0 Å². The third-order valence-electron chi connectivity index (χ3n) is 1.92. The molecule has 0 bridgehead atoms. The number of nitrogens with one attached hydrogen (secondary N) is 1. The van der Waals surface area contributed by atoms with E-state index in [1.165, 1.54) is 19.5 Å². The molecule has 0 saturated carbocycles. The smallest absolute Gasteiger partial charge is 0.229 e. The summed E-state index contributed by atoms with van der Waals surface area (Å²) in [7, 11) is 1.53. The summed E-state index contributed by atoms with van der Waals surface area (Å²) in [5.74, 6) is 0.642. The highest BCUT2D eigenvalue weighted by Gasteiger charge is 2.12. The van der Waals surface area contributed by atoms with Crippen molar-refractivity contribution in [2.24, 2.45) is 0 Å². The highest BCUT2D eigenvalue weighted by atomic mass is 16.5. The summed E-state index contributed by atoms with van der Waals surface area (Å²) in [6.45, 7) is 0. The molecule has 1 N–H and O–H groups in total. The number of carbonyl (C=O) groups is 1. The van der Waals surface area contributed by atoms with Crippen LogP contribution in [0.5, 0.6) is 5.75 Å². The van der Waals surface area contributed by atoms with Gasteiger partial charge in [-0.1, -0.05) is 0 Å². The van der Waals surface area contributed by atoms with Crippen molar-refractivity contribution in [3.63, 3.8) is 0 Å². The maximum absolute atomic E-state index is 11.8. The van der Waals surface area contributed by atoms with Crippen LogP contribution in [0, 0.1) is 0 Å². The number of ether oxygens (including phenoxy) is 1. The molecule has 0 spiro atoms. The summed E-state index contributed by atoms with van der Waals surface area (Å²) in [6, 6.07) is 1.62. The van der Waals surface area contributed by atoms with Gasteiger partial charge in [0.2, 0.25) is 5.78 Å². The molecule has 0 aliphatic heterocycles. The molecular weight excluding hydrogens is 194 g/mol. The number of methoxy groups -OCH3 is 1. The second kappa shape index (κ2) is 3.91. The number of ketones is 1. The SMILES string of the molecule is COc1cncc(C(=O)c2ncc[nH]2)c1. The molecule has 5 heteroatoms. The Morgan fingerprint density at radius 3 is 3.00 bits per heavy atom. The summed E-state index contributed by atoms with van der Waals surface area (Å²) in [5, 5.41) is 0. The van der Waals surface area contributed by atoms with E-state index in [1.54, 1.807) is 18.5 Å². The minimum Gasteiger partial charge on any atom is -0.495 e. The first kappa shape index (κ1) is 9.39. The Morgan fingerprint density at radius 1 is 1.47 bits per heavy atom. The zero-order valence-corrected chi connectivity index (χ0v) is 8.10. The van der Waals surface area contributed by atoms with Crippen molar-refractivity contribution in [2.75, 3.05) is 7.11 Å². The largest absolute Gasteiger partial charge is 0.495 e. The van der Waals surface area contributed by atoms with Crippen molar-refractivity contribution in [1.29, 1.82) is 0 Å². The van der Waals surface area contributed by atoms with Gasteiger partial charge < -0.3 is 9.72 Å². The van der Waals surface area contributed by atoms with E-state index in [4.69, 9.17) is 4.74 Å². The van der Waals surface area contributed by atoms with E-state index in [0.29, 0.717) is 17.1 Å². The van der Waals surface area contributed by atoms with Gasteiger partial charge in [-0.3, -0.25) is 9.78 Å². The molecule has 5 nitrogen and oxygen atoms in total. The molecule has 2 aromatic rings. The molecule has 0 saturated heterocycles. The van der Waals surface area contributed by atoms with Crippen LogP contribution < -0.4 is 4.74 Å². The quantitative estimate of drug-likeness (QED) is 0.757. The molecule has 0 aliphatic rings. The van der Waals surface area contributed by atoms with Crippen LogP contribution in [-0.2, 0) is 0 Å². The minimum absolute atomic E-state index is 0.202. The maximum atomic E-state index is 11.8. The van der Waals surface area contributed by atoms with Crippen LogP contribution in [-0.4, -0.2) is 27.8 Å². The van der Waals surface area contributed by atoms with E-state index < -0.39 is 0 Å². The topological polar surface area (TPSA) is 67.9 Å². The zero-order chi connectivity index (χ0) is 10.7. The number of imidazole rings is 1. The van der Waals surface area contributed by atoms with Crippen LogP contribution in [0.4, 0.5) is 0 Å². The molecule has 2 heterocycles. The van der Waals surface area contributed by atoms with Gasteiger partial charge in [0, 0.05) is 24.2 Å². The van der Waals surface area contributed by atoms with Crippen molar-refractivity contribution in [3.05, 3.63) is 42.2 Å². The van der Waals surface area contributed by atoms with Crippen LogP contribution in [0.3, 0.4) is 0 Å². The lowest BCUT2D eigenvalue weighted by Gasteiger charge is -2.00. The zero-order valence-electron chi connectivity index (χ0n) is 8.10. The van der Waals surface area contributed by atoms with Crippen LogP contribution in [0.25, 0.3) is 0 Å². The van der Waals surface area contributed by atoms with Crippen molar-refractivity contribution >= 4 is 5.78 Å². The van der Waals surface area contributed by atoms with E-state index in [-0.39, 0.29) is 5.78 Å². The van der Waals surface area contributed by atoms with Gasteiger partial charge >= 0.3 is 0 Å². The average molecular weight is 203 g/mol. The summed E-state index contributed by atoms with van der Waals surface area (Å²) in [5.41, 5.74) is 0.448. The summed E-state index contributed by atoms with van der Waals surface area (Å²) >= 11 is 0. The predicted molar refractivity (Wildman–Crippen MR) is 52.8 cm³/mol. The molecule has 15 heavy (non-hydrogen) atoms. The van der Waals surface area contributed by atoms with Crippen molar-refractivity contribution in [2.45, 2.75) is 0 Å². The number of rotatable bonds is 3. The first-order valence-electron chi connectivity index (χ1n) is 4.34. The van der Waals surface area contributed by atoms with Crippen molar-refractivity contribution < 1.29 is 9.53 Å². The van der Waals surface area contributed by atoms with Crippen LogP contribution in [0.2, 0.25) is 0 Å². The molecule has 0 atom stereocenters. The van der Waals surface area contributed by atoms with Crippen molar-refractivity contribution in [1.82, 2.24) is 15.0 Å². The molecule has 0 aliphatic carbocycles. The number of aromatic amines is 1. The van der Waals surface area contributed by atoms with Crippen LogP contribution in [0.15, 0.2) is 30.9 Å². The Labute approximate surface area is 86.1 Å². The van der Waals surface area contributed by atoms with Gasteiger partial charge in [0.25, 0.3) is 0 Å². The fourth-order valence-electron chi connectivity index (χ4n) is 1.18. The highest BCUT2D eigenvalue weighted by Crippen LogP contribution is 2.12. The third kappa shape index (κ3) is 1.85. The number of carbonyl (C=O) groups excluding carboxylic acids is 1. The number of H-pyrrole nitrogens is 1. The lowest BCUT2D eigenvalue weighted by Crippen LogP contribution is -2.04. The standard InChI is InChI=1S/C10H9N3O2/c1-15-8-4-7(5-11-6-8)9(14)10-12-2-3-13-10/h2-6H,1H3,(H,12,13). The number of aromatic nitrogens is 3. The normalized spacial score (nSPS) is 9.93. The van der Waals surface area contributed by atoms with E-state index in [2.05, 4.69) is 15.0 Å². The Kier molecular flexibility index (Phi) is 2.45. The van der Waals surface area contributed by atoms with E-state index in [1.807, 2.05) is 0 Å². The van der Waals surface area contributed by atoms with Gasteiger partial charge in [-0.05, 0) is 6.07 Å². The van der Waals surface area contributed by atoms with Crippen molar-refractivity contribution in [3.8, 4) is 5.75 Å². The number of hydrogen-bond acceptors (Lipinski definition) is 4. The lowest BCUT2D eigenvalue weighted by atomic mass is 10.2. The first-order valence-corrected chi connectivity index (χ1v) is 4.34. The number of pyridine rings is 1. The molecule has 0 unspecified atom stereocenters. The van der Waals surface area contributed by atoms with Crippen LogP contribution in [0.1, 0.15) is 16.2 Å². The molecule has 76 valence electrons. The Bertz CT molecular complexity index is 465. The lowest BCUT2D eigenvalue weighted by molar-refractivity contribution is 0.102. The molecule has 0 fully saturated rings. The predicted octanol–water partition coefficient (Wildman–Crippen LogP) is 1.04. The van der Waals surface area contributed by atoms with Gasteiger partial charge in [-0.2, -0.15) is 0 Å². The molecule has 0 amide bonds. The first-order chi connectivity index (χ1) is 7.31. The molecule has 2 rings (SSSR count). The summed E-state index contributed by atoms with van der Waals surface area (Å²) in [6.07, 6.45) is 6.15. The minimum atomic E-state index is -0.202.